The lowest BCUT2D eigenvalue weighted by Gasteiger charge is -2.28. The minimum Gasteiger partial charge on any atom is -0.350 e. The van der Waals surface area contributed by atoms with Crippen LogP contribution in [0, 0.1) is 0 Å². The van der Waals surface area contributed by atoms with Crippen LogP contribution in [-0.2, 0) is 6.42 Å². The van der Waals surface area contributed by atoms with E-state index in [1.54, 1.807) is 0 Å². The van der Waals surface area contributed by atoms with Gasteiger partial charge in [0.2, 0.25) is 0 Å². The van der Waals surface area contributed by atoms with Crippen LogP contribution >= 0.6 is 0 Å². The van der Waals surface area contributed by atoms with Crippen LogP contribution in [0.2, 0.25) is 0 Å². The van der Waals surface area contributed by atoms with E-state index in [1.807, 2.05) is 60.7 Å². The molecule has 3 aromatic carbocycles. The highest BCUT2D eigenvalue weighted by Crippen LogP contribution is 2.27. The lowest BCUT2D eigenvalue weighted by atomic mass is 10.0. The monoisotopic (exact) mass is 449 g/mol. The first-order chi connectivity index (χ1) is 16.7. The Kier molecular flexibility index (Phi) is 6.68. The Morgan fingerprint density at radius 1 is 0.941 bits per heavy atom. The molecule has 1 aromatic heterocycles. The SMILES string of the molecule is CCc1ccc([C@@H](CNC(=O)c2cc(-c3ccccc3)nc3ccccc23)N2CCCC2)cc1. The van der Waals surface area contributed by atoms with Gasteiger partial charge in [-0.3, -0.25) is 9.69 Å². The number of para-hydroxylation sites is 1. The molecule has 4 aromatic rings. The number of amides is 1. The van der Waals surface area contributed by atoms with Gasteiger partial charge in [0.15, 0.2) is 0 Å². The normalized spacial score (nSPS) is 14.9. The van der Waals surface area contributed by atoms with Crippen LogP contribution < -0.4 is 5.32 Å². The first-order valence-corrected chi connectivity index (χ1v) is 12.3. The molecule has 2 heterocycles. The predicted molar refractivity (Wildman–Crippen MR) is 139 cm³/mol. The number of pyridine rings is 1. The van der Waals surface area contributed by atoms with E-state index in [2.05, 4.69) is 41.4 Å². The molecule has 1 fully saturated rings. The summed E-state index contributed by atoms with van der Waals surface area (Å²) in [5.41, 5.74) is 5.93. The Bertz CT molecular complexity index is 1260. The van der Waals surface area contributed by atoms with Crippen LogP contribution in [0.5, 0.6) is 0 Å². The number of hydrogen-bond donors (Lipinski definition) is 1. The van der Waals surface area contributed by atoms with Gasteiger partial charge < -0.3 is 5.32 Å². The summed E-state index contributed by atoms with van der Waals surface area (Å²) >= 11 is 0. The minimum absolute atomic E-state index is 0.0508. The predicted octanol–water partition coefficient (Wildman–Crippen LogP) is 6.03. The molecule has 0 saturated carbocycles. The maximum absolute atomic E-state index is 13.5. The Hall–Kier alpha value is -3.50. The summed E-state index contributed by atoms with van der Waals surface area (Å²) in [6.45, 7) is 4.91. The minimum atomic E-state index is -0.0508. The van der Waals surface area contributed by atoms with Gasteiger partial charge in [0.1, 0.15) is 0 Å². The first-order valence-electron chi connectivity index (χ1n) is 12.3. The van der Waals surface area contributed by atoms with Gasteiger partial charge in [-0.05, 0) is 55.6 Å². The quantitative estimate of drug-likeness (QED) is 0.375. The van der Waals surface area contributed by atoms with Crippen molar-refractivity contribution < 1.29 is 4.79 Å². The molecule has 5 rings (SSSR count). The third kappa shape index (κ3) is 4.73. The van der Waals surface area contributed by atoms with E-state index in [0.29, 0.717) is 12.1 Å². The van der Waals surface area contributed by atoms with Crippen LogP contribution in [0.15, 0.2) is 84.9 Å². The molecule has 1 amide bonds. The maximum atomic E-state index is 13.5. The number of aryl methyl sites for hydroxylation is 1. The molecule has 4 heteroatoms. The van der Waals surface area contributed by atoms with Crippen molar-refractivity contribution in [2.75, 3.05) is 19.6 Å². The van der Waals surface area contributed by atoms with Crippen LogP contribution in [0.3, 0.4) is 0 Å². The van der Waals surface area contributed by atoms with Gasteiger partial charge >= 0.3 is 0 Å². The highest BCUT2D eigenvalue weighted by molar-refractivity contribution is 6.07. The molecule has 1 N–H and O–H groups in total. The van der Waals surface area contributed by atoms with E-state index in [0.717, 1.165) is 41.7 Å². The fraction of sp³-hybridized carbons (Fsp3) is 0.267. The molecule has 172 valence electrons. The second-order valence-corrected chi connectivity index (χ2v) is 9.00. The van der Waals surface area contributed by atoms with Crippen LogP contribution in [0.4, 0.5) is 0 Å². The lowest BCUT2D eigenvalue weighted by molar-refractivity contribution is 0.0939. The molecule has 0 unspecified atom stereocenters. The topological polar surface area (TPSA) is 45.2 Å². The Balaban J connectivity index is 1.43. The largest absolute Gasteiger partial charge is 0.350 e. The summed E-state index contributed by atoms with van der Waals surface area (Å²) in [5, 5.41) is 4.14. The van der Waals surface area contributed by atoms with Crippen molar-refractivity contribution in [3.05, 3.63) is 102 Å². The van der Waals surface area contributed by atoms with E-state index >= 15 is 0 Å². The lowest BCUT2D eigenvalue weighted by Crippen LogP contribution is -2.37. The summed E-state index contributed by atoms with van der Waals surface area (Å²) in [7, 11) is 0. The van der Waals surface area contributed by atoms with Crippen molar-refractivity contribution in [3.8, 4) is 11.3 Å². The molecule has 1 aliphatic rings. The third-order valence-electron chi connectivity index (χ3n) is 6.84. The molecular formula is C30H31N3O. The summed E-state index contributed by atoms with van der Waals surface area (Å²) < 4.78 is 0. The molecule has 4 nitrogen and oxygen atoms in total. The Morgan fingerprint density at radius 2 is 1.65 bits per heavy atom. The summed E-state index contributed by atoms with van der Waals surface area (Å²) in [4.78, 5) is 20.9. The van der Waals surface area contributed by atoms with Crippen molar-refractivity contribution in [1.29, 1.82) is 0 Å². The Labute approximate surface area is 201 Å². The average Bonchev–Trinajstić information content (AvgIpc) is 3.43. The summed E-state index contributed by atoms with van der Waals surface area (Å²) in [5.74, 6) is -0.0508. The van der Waals surface area contributed by atoms with Crippen LogP contribution in [0.1, 0.15) is 47.3 Å². The van der Waals surface area contributed by atoms with Crippen molar-refractivity contribution in [2.45, 2.75) is 32.2 Å². The number of carbonyl (C=O) groups is 1. The number of rotatable bonds is 7. The molecule has 1 atom stereocenters. The number of aromatic nitrogens is 1. The van der Waals surface area contributed by atoms with Crippen molar-refractivity contribution in [3.63, 3.8) is 0 Å². The van der Waals surface area contributed by atoms with E-state index in [4.69, 9.17) is 4.98 Å². The van der Waals surface area contributed by atoms with Gasteiger partial charge in [-0.15, -0.1) is 0 Å². The molecule has 0 aliphatic carbocycles. The van der Waals surface area contributed by atoms with Gasteiger partial charge in [0.25, 0.3) is 5.91 Å². The van der Waals surface area contributed by atoms with Crippen molar-refractivity contribution in [1.82, 2.24) is 15.2 Å². The Morgan fingerprint density at radius 3 is 2.38 bits per heavy atom. The van der Waals surface area contributed by atoms with Crippen LogP contribution in [-0.4, -0.2) is 35.4 Å². The number of fused-ring (bicyclic) bond motifs is 1. The molecule has 34 heavy (non-hydrogen) atoms. The second-order valence-electron chi connectivity index (χ2n) is 9.00. The van der Waals surface area contributed by atoms with Crippen molar-refractivity contribution >= 4 is 16.8 Å². The zero-order valence-corrected chi connectivity index (χ0v) is 19.7. The number of nitrogens with one attached hydrogen (secondary N) is 1. The number of likely N-dealkylation sites (tertiary alicyclic amines) is 1. The molecule has 1 saturated heterocycles. The summed E-state index contributed by atoms with van der Waals surface area (Å²) in [6.07, 6.45) is 3.46. The molecule has 0 bridgehead atoms. The fourth-order valence-corrected chi connectivity index (χ4v) is 4.89. The molecular weight excluding hydrogens is 418 g/mol. The third-order valence-corrected chi connectivity index (χ3v) is 6.84. The first kappa shape index (κ1) is 22.3. The molecule has 0 radical (unpaired) electrons. The average molecular weight is 450 g/mol. The highest BCUT2D eigenvalue weighted by Gasteiger charge is 2.24. The van der Waals surface area contributed by atoms with E-state index < -0.39 is 0 Å². The molecule has 1 aliphatic heterocycles. The zero-order chi connectivity index (χ0) is 23.3. The number of hydrogen-bond acceptors (Lipinski definition) is 3. The van der Waals surface area contributed by atoms with Crippen LogP contribution in [0.25, 0.3) is 22.2 Å². The van der Waals surface area contributed by atoms with E-state index in [-0.39, 0.29) is 11.9 Å². The fourth-order valence-electron chi connectivity index (χ4n) is 4.89. The maximum Gasteiger partial charge on any atom is 0.252 e. The molecule has 0 spiro atoms. The van der Waals surface area contributed by atoms with E-state index in [1.165, 1.54) is 24.0 Å². The van der Waals surface area contributed by atoms with Gasteiger partial charge in [0, 0.05) is 17.5 Å². The van der Waals surface area contributed by atoms with Gasteiger partial charge in [0.05, 0.1) is 22.8 Å². The van der Waals surface area contributed by atoms with Gasteiger partial charge in [-0.2, -0.15) is 0 Å². The second kappa shape index (κ2) is 10.2. The van der Waals surface area contributed by atoms with Gasteiger partial charge in [-0.25, -0.2) is 4.98 Å². The summed E-state index contributed by atoms with van der Waals surface area (Å²) in [6, 6.07) is 28.9. The standard InChI is InChI=1S/C30H31N3O/c1-2-22-14-16-24(17-15-22)29(33-18-8-9-19-33)21-31-30(34)26-20-28(23-10-4-3-5-11-23)32-27-13-7-6-12-25(26)27/h3-7,10-17,20,29H,2,8-9,18-19,21H2,1H3,(H,31,34)/t29-/m1/s1. The van der Waals surface area contributed by atoms with E-state index in [9.17, 15) is 4.79 Å². The number of carbonyl (C=O) groups excluding carboxylic acids is 1. The van der Waals surface area contributed by atoms with Crippen molar-refractivity contribution in [2.24, 2.45) is 0 Å². The number of benzene rings is 3. The van der Waals surface area contributed by atoms with Gasteiger partial charge in [-0.1, -0.05) is 79.7 Å². The zero-order valence-electron chi connectivity index (χ0n) is 19.7. The highest BCUT2D eigenvalue weighted by atomic mass is 16.1. The number of nitrogens with zero attached hydrogens (tertiary/aromatic N) is 2. The smallest absolute Gasteiger partial charge is 0.252 e.